The second-order valence-corrected chi connectivity index (χ2v) is 5.69. The molecule has 0 amide bonds. The van der Waals surface area contributed by atoms with Crippen LogP contribution in [0.4, 0.5) is 0 Å². The molecule has 0 radical (unpaired) electrons. The molecule has 2 aromatic carbocycles. The first-order valence-corrected chi connectivity index (χ1v) is 7.71. The third-order valence-electron chi connectivity index (χ3n) is 2.94. The van der Waals surface area contributed by atoms with Gasteiger partial charge in [-0.3, -0.25) is 0 Å². The molecule has 0 aromatic heterocycles. The zero-order valence-electron chi connectivity index (χ0n) is 10.3. The minimum atomic E-state index is 0.462. The van der Waals surface area contributed by atoms with Gasteiger partial charge in [0.25, 0.3) is 0 Å². The lowest BCUT2D eigenvalue weighted by molar-refractivity contribution is 0.748. The molecule has 2 rings (SSSR count). The summed E-state index contributed by atoms with van der Waals surface area (Å²) in [6.07, 6.45) is 1.12. The van der Waals surface area contributed by atoms with Crippen LogP contribution in [0.1, 0.15) is 17.9 Å². The molecule has 0 aliphatic rings. The van der Waals surface area contributed by atoms with Gasteiger partial charge in [0.15, 0.2) is 0 Å². The Morgan fingerprint density at radius 3 is 2.11 bits per heavy atom. The first-order valence-electron chi connectivity index (χ1n) is 6.19. The fraction of sp³-hybridized carbons (Fsp3) is 0.250. The number of rotatable bonds is 6. The summed E-state index contributed by atoms with van der Waals surface area (Å²) in [6, 6.07) is 21.1. The molecule has 0 saturated heterocycles. The highest BCUT2D eigenvalue weighted by Gasteiger charge is 2.09. The monoisotopic (exact) mass is 276 g/mol. The number of thioether (sulfide) groups is 1. The molecule has 2 heteroatoms. The van der Waals surface area contributed by atoms with Crippen LogP contribution in [0.5, 0.6) is 0 Å². The van der Waals surface area contributed by atoms with E-state index in [1.165, 1.54) is 10.5 Å². The van der Waals surface area contributed by atoms with Crippen molar-refractivity contribution in [3.8, 4) is 0 Å². The third-order valence-corrected chi connectivity index (χ3v) is 4.35. The van der Waals surface area contributed by atoms with Gasteiger partial charge in [-0.05, 0) is 35.8 Å². The van der Waals surface area contributed by atoms with E-state index in [-0.39, 0.29) is 0 Å². The fourth-order valence-corrected chi connectivity index (χ4v) is 3.21. The average molecular weight is 277 g/mol. The topological polar surface area (TPSA) is 0 Å². The molecule has 0 nitrogen and oxygen atoms in total. The van der Waals surface area contributed by atoms with E-state index in [9.17, 15) is 0 Å². The Hall–Kier alpha value is -0.920. The van der Waals surface area contributed by atoms with Crippen molar-refractivity contribution >= 4 is 23.4 Å². The maximum absolute atomic E-state index is 6.07. The molecule has 2 aromatic rings. The van der Waals surface area contributed by atoms with Crippen LogP contribution in [-0.4, -0.2) is 11.6 Å². The van der Waals surface area contributed by atoms with Crippen molar-refractivity contribution in [2.24, 2.45) is 0 Å². The Balaban J connectivity index is 1.85. The number of hydrogen-bond donors (Lipinski definition) is 0. The van der Waals surface area contributed by atoms with Gasteiger partial charge in [-0.15, -0.1) is 23.4 Å². The SMILES string of the molecule is ClCC(CCSc1ccccc1)c1ccccc1. The van der Waals surface area contributed by atoms with Gasteiger partial charge >= 0.3 is 0 Å². The van der Waals surface area contributed by atoms with Crippen LogP contribution in [0.25, 0.3) is 0 Å². The van der Waals surface area contributed by atoms with E-state index in [4.69, 9.17) is 11.6 Å². The van der Waals surface area contributed by atoms with Crippen LogP contribution in [0.15, 0.2) is 65.6 Å². The van der Waals surface area contributed by atoms with Gasteiger partial charge in [0.1, 0.15) is 0 Å². The molecule has 0 aliphatic carbocycles. The zero-order valence-corrected chi connectivity index (χ0v) is 11.8. The van der Waals surface area contributed by atoms with Gasteiger partial charge in [-0.2, -0.15) is 0 Å². The normalized spacial score (nSPS) is 12.3. The molecule has 0 N–H and O–H groups in total. The van der Waals surface area contributed by atoms with Crippen LogP contribution < -0.4 is 0 Å². The van der Waals surface area contributed by atoms with Crippen LogP contribution in [0.2, 0.25) is 0 Å². The zero-order chi connectivity index (χ0) is 12.6. The highest BCUT2D eigenvalue weighted by molar-refractivity contribution is 7.99. The van der Waals surface area contributed by atoms with E-state index in [1.54, 1.807) is 0 Å². The Kier molecular flexibility index (Phi) is 5.63. The molecule has 0 aliphatic heterocycles. The molecule has 1 unspecified atom stereocenters. The molecule has 0 fully saturated rings. The summed E-state index contributed by atoms with van der Waals surface area (Å²) in [4.78, 5) is 1.33. The molecule has 0 bridgehead atoms. The van der Waals surface area contributed by atoms with Gasteiger partial charge in [0.05, 0.1) is 0 Å². The Morgan fingerprint density at radius 2 is 1.50 bits per heavy atom. The predicted molar refractivity (Wildman–Crippen MR) is 81.7 cm³/mol. The smallest absolute Gasteiger partial charge is 0.0292 e. The second kappa shape index (κ2) is 7.50. The lowest BCUT2D eigenvalue weighted by Gasteiger charge is -2.13. The first kappa shape index (κ1) is 13.5. The Bertz CT molecular complexity index is 441. The minimum Gasteiger partial charge on any atom is -0.126 e. The maximum atomic E-state index is 6.07. The van der Waals surface area contributed by atoms with Crippen molar-refractivity contribution in [2.45, 2.75) is 17.2 Å². The van der Waals surface area contributed by atoms with Crippen LogP contribution in [-0.2, 0) is 0 Å². The highest BCUT2D eigenvalue weighted by Crippen LogP contribution is 2.26. The lowest BCUT2D eigenvalue weighted by atomic mass is 9.99. The van der Waals surface area contributed by atoms with Crippen LogP contribution >= 0.6 is 23.4 Å². The van der Waals surface area contributed by atoms with E-state index in [0.29, 0.717) is 11.8 Å². The first-order chi connectivity index (χ1) is 8.90. The van der Waals surface area contributed by atoms with E-state index < -0.39 is 0 Å². The predicted octanol–water partition coefficient (Wildman–Crippen LogP) is 5.19. The van der Waals surface area contributed by atoms with E-state index in [2.05, 4.69) is 54.6 Å². The van der Waals surface area contributed by atoms with E-state index in [0.717, 1.165) is 12.2 Å². The van der Waals surface area contributed by atoms with Gasteiger partial charge < -0.3 is 0 Å². The maximum Gasteiger partial charge on any atom is 0.0292 e. The van der Waals surface area contributed by atoms with E-state index in [1.807, 2.05) is 17.8 Å². The van der Waals surface area contributed by atoms with Gasteiger partial charge in [-0.1, -0.05) is 48.5 Å². The van der Waals surface area contributed by atoms with Gasteiger partial charge in [0, 0.05) is 10.8 Å². The average Bonchev–Trinajstić information content (AvgIpc) is 2.46. The summed E-state index contributed by atoms with van der Waals surface area (Å²) in [5, 5.41) is 0. The Labute approximate surface area is 118 Å². The second-order valence-electron chi connectivity index (χ2n) is 4.21. The largest absolute Gasteiger partial charge is 0.126 e. The molecule has 0 saturated carbocycles. The van der Waals surface area contributed by atoms with Crippen molar-refractivity contribution in [1.82, 2.24) is 0 Å². The molecular formula is C16H17ClS. The lowest BCUT2D eigenvalue weighted by Crippen LogP contribution is -2.01. The molecule has 0 spiro atoms. The highest BCUT2D eigenvalue weighted by atomic mass is 35.5. The fourth-order valence-electron chi connectivity index (χ4n) is 1.89. The summed E-state index contributed by atoms with van der Waals surface area (Å²) < 4.78 is 0. The molecule has 1 atom stereocenters. The quantitative estimate of drug-likeness (QED) is 0.517. The summed E-state index contributed by atoms with van der Waals surface area (Å²) in [7, 11) is 0. The van der Waals surface area contributed by atoms with Crippen molar-refractivity contribution in [2.75, 3.05) is 11.6 Å². The molecule has 0 heterocycles. The van der Waals surface area contributed by atoms with Crippen LogP contribution in [0, 0.1) is 0 Å². The molecule has 94 valence electrons. The molecular weight excluding hydrogens is 260 g/mol. The van der Waals surface area contributed by atoms with Crippen molar-refractivity contribution in [3.05, 3.63) is 66.2 Å². The van der Waals surface area contributed by atoms with Crippen molar-refractivity contribution in [1.29, 1.82) is 0 Å². The summed E-state index contributed by atoms with van der Waals surface area (Å²) in [5.41, 5.74) is 1.35. The Morgan fingerprint density at radius 1 is 0.889 bits per heavy atom. The number of halogens is 1. The summed E-state index contributed by atoms with van der Waals surface area (Å²) >= 11 is 7.97. The van der Waals surface area contributed by atoms with Gasteiger partial charge in [-0.25, -0.2) is 0 Å². The van der Waals surface area contributed by atoms with Crippen LogP contribution in [0.3, 0.4) is 0 Å². The number of hydrogen-bond acceptors (Lipinski definition) is 1. The summed E-state index contributed by atoms with van der Waals surface area (Å²) in [5.74, 6) is 2.26. The van der Waals surface area contributed by atoms with E-state index >= 15 is 0 Å². The van der Waals surface area contributed by atoms with Crippen molar-refractivity contribution in [3.63, 3.8) is 0 Å². The number of benzene rings is 2. The molecule has 18 heavy (non-hydrogen) atoms. The minimum absolute atomic E-state index is 0.462. The van der Waals surface area contributed by atoms with Crippen molar-refractivity contribution < 1.29 is 0 Å². The van der Waals surface area contributed by atoms with Gasteiger partial charge in [0.2, 0.25) is 0 Å². The standard InChI is InChI=1S/C16H17ClS/c17-13-15(14-7-3-1-4-8-14)11-12-18-16-9-5-2-6-10-16/h1-10,15H,11-13H2. The summed E-state index contributed by atoms with van der Waals surface area (Å²) in [6.45, 7) is 0. The number of alkyl halides is 1. The third kappa shape index (κ3) is 4.08.